The molecule has 2 rings (SSSR count). The summed E-state index contributed by atoms with van der Waals surface area (Å²) < 4.78 is 12.9. The molecule has 3 unspecified atom stereocenters. The highest BCUT2D eigenvalue weighted by Crippen LogP contribution is 2.32. The van der Waals surface area contributed by atoms with E-state index in [0.29, 0.717) is 6.42 Å². The van der Waals surface area contributed by atoms with Gasteiger partial charge in [0.1, 0.15) is 5.82 Å². The Bertz CT molecular complexity index is 432. The number of rotatable bonds is 3. The Morgan fingerprint density at radius 2 is 2.06 bits per heavy atom. The van der Waals surface area contributed by atoms with Gasteiger partial charge in [-0.05, 0) is 44.5 Å². The van der Waals surface area contributed by atoms with Gasteiger partial charge in [0.2, 0.25) is 0 Å². The van der Waals surface area contributed by atoms with Crippen LogP contribution in [0.4, 0.5) is 4.39 Å². The first kappa shape index (κ1) is 13.0. The zero-order chi connectivity index (χ0) is 13.3. The van der Waals surface area contributed by atoms with Crippen LogP contribution in [0, 0.1) is 11.7 Å². The molecule has 3 nitrogen and oxygen atoms in total. The van der Waals surface area contributed by atoms with Crippen LogP contribution in [0.5, 0.6) is 0 Å². The summed E-state index contributed by atoms with van der Waals surface area (Å²) in [7, 11) is 0. The summed E-state index contributed by atoms with van der Waals surface area (Å²) in [5, 5.41) is 9.11. The van der Waals surface area contributed by atoms with E-state index in [0.717, 1.165) is 12.1 Å². The van der Waals surface area contributed by atoms with E-state index in [1.807, 2.05) is 13.8 Å². The summed E-state index contributed by atoms with van der Waals surface area (Å²) in [6, 6.07) is 6.55. The summed E-state index contributed by atoms with van der Waals surface area (Å²) in [5.41, 5.74) is 1.02. The van der Waals surface area contributed by atoms with Crippen LogP contribution in [0.2, 0.25) is 0 Å². The number of aliphatic carboxylic acids is 1. The van der Waals surface area contributed by atoms with Crippen molar-refractivity contribution in [2.75, 3.05) is 6.54 Å². The normalized spacial score (nSPS) is 26.2. The first-order valence-electron chi connectivity index (χ1n) is 6.24. The second-order valence-corrected chi connectivity index (χ2v) is 4.94. The van der Waals surface area contributed by atoms with Crippen molar-refractivity contribution < 1.29 is 14.3 Å². The Balaban J connectivity index is 2.13. The molecule has 3 atom stereocenters. The number of carboxylic acids is 1. The lowest BCUT2D eigenvalue weighted by molar-refractivity contribution is -0.142. The van der Waals surface area contributed by atoms with Crippen LogP contribution < -0.4 is 0 Å². The van der Waals surface area contributed by atoms with E-state index in [1.165, 1.54) is 12.1 Å². The molecule has 1 aromatic rings. The second-order valence-electron chi connectivity index (χ2n) is 4.94. The van der Waals surface area contributed by atoms with Crippen molar-refractivity contribution in [3.05, 3.63) is 35.6 Å². The minimum Gasteiger partial charge on any atom is -0.481 e. The fourth-order valence-corrected chi connectivity index (χ4v) is 2.77. The maximum absolute atomic E-state index is 12.9. The third kappa shape index (κ3) is 2.38. The minimum absolute atomic E-state index is 0.0163. The third-order valence-electron chi connectivity index (χ3n) is 3.97. The van der Waals surface area contributed by atoms with E-state index in [-0.39, 0.29) is 23.8 Å². The fraction of sp³-hybridized carbons (Fsp3) is 0.500. The second kappa shape index (κ2) is 5.06. The highest BCUT2D eigenvalue weighted by Gasteiger charge is 2.37. The molecule has 0 aliphatic carbocycles. The molecule has 4 heteroatoms. The molecule has 98 valence electrons. The van der Waals surface area contributed by atoms with Gasteiger partial charge in [0.05, 0.1) is 5.92 Å². The summed E-state index contributed by atoms with van der Waals surface area (Å²) in [4.78, 5) is 13.3. The molecular formula is C14H18FNO2. The van der Waals surface area contributed by atoms with E-state index in [1.54, 1.807) is 12.1 Å². The molecule has 1 fully saturated rings. The Kier molecular flexibility index (Phi) is 3.66. The maximum atomic E-state index is 12.9. The molecule has 1 saturated heterocycles. The first-order valence-corrected chi connectivity index (χ1v) is 6.24. The molecule has 18 heavy (non-hydrogen) atoms. The molecule has 0 aromatic heterocycles. The van der Waals surface area contributed by atoms with Crippen LogP contribution in [0.3, 0.4) is 0 Å². The molecule has 1 aliphatic heterocycles. The van der Waals surface area contributed by atoms with Crippen molar-refractivity contribution in [3.63, 3.8) is 0 Å². The van der Waals surface area contributed by atoms with Gasteiger partial charge in [-0.2, -0.15) is 0 Å². The van der Waals surface area contributed by atoms with Crippen LogP contribution >= 0.6 is 0 Å². The highest BCUT2D eigenvalue weighted by atomic mass is 19.1. The zero-order valence-electron chi connectivity index (χ0n) is 10.6. The average Bonchev–Trinajstić information content (AvgIpc) is 2.71. The number of nitrogens with zero attached hydrogens (tertiary/aromatic N) is 1. The van der Waals surface area contributed by atoms with Crippen LogP contribution in [0.1, 0.15) is 31.9 Å². The summed E-state index contributed by atoms with van der Waals surface area (Å²) in [5.74, 6) is -1.27. The summed E-state index contributed by atoms with van der Waals surface area (Å²) in [6.07, 6.45) is 0.683. The number of hydrogen-bond acceptors (Lipinski definition) is 2. The molecule has 1 aromatic carbocycles. The highest BCUT2D eigenvalue weighted by molar-refractivity contribution is 5.71. The van der Waals surface area contributed by atoms with Crippen molar-refractivity contribution in [2.24, 2.45) is 5.92 Å². The van der Waals surface area contributed by atoms with Crippen molar-refractivity contribution >= 4 is 5.97 Å². The van der Waals surface area contributed by atoms with Gasteiger partial charge in [0.15, 0.2) is 0 Å². The number of likely N-dealkylation sites (tertiary alicyclic amines) is 1. The lowest BCUT2D eigenvalue weighted by Gasteiger charge is -2.30. The van der Waals surface area contributed by atoms with E-state index in [9.17, 15) is 9.18 Å². The van der Waals surface area contributed by atoms with Crippen molar-refractivity contribution in [2.45, 2.75) is 32.4 Å². The molecular weight excluding hydrogens is 233 g/mol. The standard InChI is InChI=1S/C14H18FNO2/c1-9(11-3-5-12(15)6-4-11)16-8-7-13(10(16)2)14(17)18/h3-6,9-10,13H,7-8H2,1-2H3,(H,17,18). The minimum atomic E-state index is -0.726. The first-order chi connectivity index (χ1) is 8.50. The molecule has 0 bridgehead atoms. The van der Waals surface area contributed by atoms with Crippen molar-refractivity contribution in [1.82, 2.24) is 4.90 Å². The molecule has 1 aliphatic rings. The number of carbonyl (C=O) groups is 1. The lowest BCUT2D eigenvalue weighted by Crippen LogP contribution is -2.34. The third-order valence-corrected chi connectivity index (χ3v) is 3.97. The summed E-state index contributed by atoms with van der Waals surface area (Å²) in [6.45, 7) is 4.76. The van der Waals surface area contributed by atoms with Crippen LogP contribution in [0.15, 0.2) is 24.3 Å². The van der Waals surface area contributed by atoms with Gasteiger partial charge in [-0.25, -0.2) is 4.39 Å². The van der Waals surface area contributed by atoms with Gasteiger partial charge in [0.25, 0.3) is 0 Å². The lowest BCUT2D eigenvalue weighted by atomic mass is 10.0. The quantitative estimate of drug-likeness (QED) is 0.898. The van der Waals surface area contributed by atoms with Gasteiger partial charge < -0.3 is 5.11 Å². The molecule has 0 amide bonds. The topological polar surface area (TPSA) is 40.5 Å². The van der Waals surface area contributed by atoms with E-state index >= 15 is 0 Å². The molecule has 1 heterocycles. The van der Waals surface area contributed by atoms with E-state index < -0.39 is 5.97 Å². The van der Waals surface area contributed by atoms with Gasteiger partial charge in [-0.15, -0.1) is 0 Å². The molecule has 0 radical (unpaired) electrons. The zero-order valence-corrected chi connectivity index (χ0v) is 10.6. The maximum Gasteiger partial charge on any atom is 0.308 e. The van der Waals surface area contributed by atoms with Gasteiger partial charge in [-0.3, -0.25) is 9.69 Å². The Labute approximate surface area is 106 Å². The summed E-state index contributed by atoms with van der Waals surface area (Å²) >= 11 is 0. The number of benzene rings is 1. The largest absolute Gasteiger partial charge is 0.481 e. The van der Waals surface area contributed by atoms with Gasteiger partial charge in [-0.1, -0.05) is 12.1 Å². The van der Waals surface area contributed by atoms with E-state index in [4.69, 9.17) is 5.11 Å². The molecule has 0 spiro atoms. The molecule has 1 N–H and O–H groups in total. The predicted molar refractivity (Wildman–Crippen MR) is 66.7 cm³/mol. The van der Waals surface area contributed by atoms with Crippen LogP contribution in [0.25, 0.3) is 0 Å². The van der Waals surface area contributed by atoms with E-state index in [2.05, 4.69) is 4.90 Å². The number of hydrogen-bond donors (Lipinski definition) is 1. The van der Waals surface area contributed by atoms with Crippen LogP contribution in [-0.2, 0) is 4.79 Å². The van der Waals surface area contributed by atoms with Crippen molar-refractivity contribution in [1.29, 1.82) is 0 Å². The Hall–Kier alpha value is -1.42. The average molecular weight is 251 g/mol. The Morgan fingerprint density at radius 3 is 2.56 bits per heavy atom. The number of carboxylic acid groups (broad SMARTS) is 1. The SMILES string of the molecule is CC(c1ccc(F)cc1)N1CCC(C(=O)O)C1C. The Morgan fingerprint density at radius 1 is 1.44 bits per heavy atom. The van der Waals surface area contributed by atoms with Crippen LogP contribution in [-0.4, -0.2) is 28.6 Å². The monoisotopic (exact) mass is 251 g/mol. The van der Waals surface area contributed by atoms with Gasteiger partial charge in [0, 0.05) is 12.1 Å². The van der Waals surface area contributed by atoms with Gasteiger partial charge >= 0.3 is 5.97 Å². The predicted octanol–water partition coefficient (Wildman–Crippen LogP) is 2.68. The number of halogens is 1. The smallest absolute Gasteiger partial charge is 0.308 e. The molecule has 0 saturated carbocycles. The van der Waals surface area contributed by atoms with Crippen molar-refractivity contribution in [3.8, 4) is 0 Å². The fourth-order valence-electron chi connectivity index (χ4n) is 2.77.